The number of hydrogen-bond acceptors (Lipinski definition) is 7. The zero-order valence-corrected chi connectivity index (χ0v) is 18.2. The summed E-state index contributed by atoms with van der Waals surface area (Å²) in [5.74, 6) is 1.34. The minimum absolute atomic E-state index is 0.0240. The van der Waals surface area contributed by atoms with Gasteiger partial charge in [0.05, 0.1) is 11.8 Å². The Kier molecular flexibility index (Phi) is 4.87. The molecule has 164 valence electrons. The van der Waals surface area contributed by atoms with Crippen molar-refractivity contribution in [1.29, 1.82) is 0 Å². The lowest BCUT2D eigenvalue weighted by molar-refractivity contribution is -0.0298. The molecule has 1 aromatic carbocycles. The minimum Gasteiger partial charge on any atom is -0.365 e. The van der Waals surface area contributed by atoms with Gasteiger partial charge in [0, 0.05) is 29.9 Å². The molecular formula is C24H27N7O. The van der Waals surface area contributed by atoms with E-state index in [0.717, 1.165) is 78.7 Å². The van der Waals surface area contributed by atoms with Gasteiger partial charge in [-0.15, -0.1) is 0 Å². The number of ether oxygens (including phenoxy) is 1. The highest BCUT2D eigenvalue weighted by Gasteiger charge is 2.26. The molecule has 4 aromatic rings. The van der Waals surface area contributed by atoms with Crippen molar-refractivity contribution in [2.45, 2.75) is 57.7 Å². The van der Waals surface area contributed by atoms with E-state index in [1.54, 1.807) is 0 Å². The van der Waals surface area contributed by atoms with Crippen LogP contribution in [-0.4, -0.2) is 37.2 Å². The molecule has 2 aliphatic rings. The van der Waals surface area contributed by atoms with Gasteiger partial charge in [0.2, 0.25) is 5.95 Å². The van der Waals surface area contributed by atoms with Crippen LogP contribution < -0.4 is 10.6 Å². The van der Waals surface area contributed by atoms with Crippen molar-refractivity contribution >= 4 is 39.5 Å². The quantitative estimate of drug-likeness (QED) is 0.448. The Morgan fingerprint density at radius 3 is 2.84 bits per heavy atom. The predicted octanol–water partition coefficient (Wildman–Crippen LogP) is 4.95. The molecule has 1 unspecified atom stereocenters. The number of rotatable bonds is 6. The van der Waals surface area contributed by atoms with E-state index in [4.69, 9.17) is 14.7 Å². The van der Waals surface area contributed by atoms with Gasteiger partial charge in [0.25, 0.3) is 0 Å². The SMILES string of the molecule is CCc1ccnc2ccc(Nc3nc(NC4CC4)c4ncn(C5CCCCO5)c4n3)cc12. The Morgan fingerprint density at radius 2 is 2.03 bits per heavy atom. The highest BCUT2D eigenvalue weighted by molar-refractivity contribution is 5.87. The maximum atomic E-state index is 6.01. The van der Waals surface area contributed by atoms with Crippen LogP contribution in [0.25, 0.3) is 22.1 Å². The Labute approximate surface area is 186 Å². The fraction of sp³-hybridized carbons (Fsp3) is 0.417. The van der Waals surface area contributed by atoms with Crippen LogP contribution in [0.4, 0.5) is 17.5 Å². The Morgan fingerprint density at radius 1 is 1.09 bits per heavy atom. The summed E-state index contributed by atoms with van der Waals surface area (Å²) in [4.78, 5) is 18.8. The van der Waals surface area contributed by atoms with Crippen LogP contribution >= 0.6 is 0 Å². The predicted molar refractivity (Wildman–Crippen MR) is 125 cm³/mol. The van der Waals surface area contributed by atoms with Crippen LogP contribution in [0.1, 0.15) is 50.8 Å². The van der Waals surface area contributed by atoms with E-state index in [0.29, 0.717) is 12.0 Å². The highest BCUT2D eigenvalue weighted by Crippen LogP contribution is 2.32. The fourth-order valence-corrected chi connectivity index (χ4v) is 4.37. The molecule has 8 nitrogen and oxygen atoms in total. The largest absolute Gasteiger partial charge is 0.365 e. The fourth-order valence-electron chi connectivity index (χ4n) is 4.37. The lowest BCUT2D eigenvalue weighted by Gasteiger charge is -2.24. The molecule has 0 radical (unpaired) electrons. The molecule has 32 heavy (non-hydrogen) atoms. The van der Waals surface area contributed by atoms with E-state index >= 15 is 0 Å². The van der Waals surface area contributed by atoms with Crippen molar-refractivity contribution in [2.24, 2.45) is 0 Å². The average Bonchev–Trinajstić information content (AvgIpc) is 3.54. The van der Waals surface area contributed by atoms with Crippen molar-refractivity contribution in [3.8, 4) is 0 Å². The number of aryl methyl sites for hydroxylation is 1. The van der Waals surface area contributed by atoms with E-state index < -0.39 is 0 Å². The maximum Gasteiger partial charge on any atom is 0.231 e. The third kappa shape index (κ3) is 3.64. The standard InChI is InChI=1S/C24H27N7O/c1-2-15-10-11-25-19-9-8-17(13-18(15)19)28-24-29-22(27-16-6-7-16)21-23(30-24)31(14-26-21)20-5-3-4-12-32-20/h8-11,13-14,16,20H,2-7,12H2,1H3,(H2,27,28,29,30). The summed E-state index contributed by atoms with van der Waals surface area (Å²) in [5.41, 5.74) is 4.81. The third-order valence-corrected chi connectivity index (χ3v) is 6.27. The van der Waals surface area contributed by atoms with Crippen molar-refractivity contribution in [1.82, 2.24) is 24.5 Å². The molecule has 0 amide bonds. The van der Waals surface area contributed by atoms with Crippen molar-refractivity contribution in [2.75, 3.05) is 17.2 Å². The summed E-state index contributed by atoms with van der Waals surface area (Å²) in [6, 6.07) is 8.74. The number of nitrogens with zero attached hydrogens (tertiary/aromatic N) is 5. The molecule has 2 N–H and O–H groups in total. The number of anilines is 3. The molecule has 2 fully saturated rings. The molecule has 1 saturated heterocycles. The number of imidazole rings is 1. The van der Waals surface area contributed by atoms with Gasteiger partial charge < -0.3 is 15.4 Å². The Bertz CT molecular complexity index is 1270. The number of benzene rings is 1. The monoisotopic (exact) mass is 429 g/mol. The van der Waals surface area contributed by atoms with Crippen LogP contribution in [0.3, 0.4) is 0 Å². The molecule has 1 aliphatic carbocycles. The summed E-state index contributed by atoms with van der Waals surface area (Å²) in [7, 11) is 0. The Hall–Kier alpha value is -3.26. The zero-order valence-electron chi connectivity index (χ0n) is 18.2. The van der Waals surface area contributed by atoms with Gasteiger partial charge in [0.1, 0.15) is 6.23 Å². The number of nitrogens with one attached hydrogen (secondary N) is 2. The summed E-state index contributed by atoms with van der Waals surface area (Å²) >= 11 is 0. The van der Waals surface area contributed by atoms with E-state index in [1.165, 1.54) is 5.56 Å². The van der Waals surface area contributed by atoms with Crippen LogP contribution in [-0.2, 0) is 11.2 Å². The van der Waals surface area contributed by atoms with Crippen LogP contribution in [0.15, 0.2) is 36.8 Å². The van der Waals surface area contributed by atoms with Gasteiger partial charge in [0.15, 0.2) is 17.0 Å². The van der Waals surface area contributed by atoms with Gasteiger partial charge in [-0.2, -0.15) is 9.97 Å². The molecule has 4 heterocycles. The number of aromatic nitrogens is 5. The normalized spacial score (nSPS) is 18.8. The zero-order chi connectivity index (χ0) is 21.5. The van der Waals surface area contributed by atoms with Gasteiger partial charge >= 0.3 is 0 Å². The lowest BCUT2D eigenvalue weighted by atomic mass is 10.1. The van der Waals surface area contributed by atoms with Gasteiger partial charge in [-0.25, -0.2) is 4.98 Å². The smallest absolute Gasteiger partial charge is 0.231 e. The first-order valence-electron chi connectivity index (χ1n) is 11.6. The summed E-state index contributed by atoms with van der Waals surface area (Å²) in [6.45, 7) is 2.94. The molecule has 0 bridgehead atoms. The lowest BCUT2D eigenvalue weighted by Crippen LogP contribution is -2.18. The molecule has 6 rings (SSSR count). The van der Waals surface area contributed by atoms with Crippen LogP contribution in [0.5, 0.6) is 0 Å². The average molecular weight is 430 g/mol. The van der Waals surface area contributed by atoms with Gasteiger partial charge in [-0.3, -0.25) is 9.55 Å². The Balaban J connectivity index is 1.40. The summed E-state index contributed by atoms with van der Waals surface area (Å²) in [5, 5.41) is 8.10. The first-order chi connectivity index (χ1) is 15.8. The van der Waals surface area contributed by atoms with Crippen LogP contribution in [0, 0.1) is 0 Å². The van der Waals surface area contributed by atoms with Crippen molar-refractivity contribution in [3.63, 3.8) is 0 Å². The van der Waals surface area contributed by atoms with E-state index in [2.05, 4.69) is 44.2 Å². The molecule has 3 aromatic heterocycles. The second-order valence-corrected chi connectivity index (χ2v) is 8.64. The number of fused-ring (bicyclic) bond motifs is 2. The summed E-state index contributed by atoms with van der Waals surface area (Å²) < 4.78 is 8.06. The molecule has 1 saturated carbocycles. The molecular weight excluding hydrogens is 402 g/mol. The number of pyridine rings is 1. The topological polar surface area (TPSA) is 89.8 Å². The highest BCUT2D eigenvalue weighted by atomic mass is 16.5. The third-order valence-electron chi connectivity index (χ3n) is 6.27. The van der Waals surface area contributed by atoms with Gasteiger partial charge in [-0.05, 0) is 68.4 Å². The van der Waals surface area contributed by atoms with Crippen molar-refractivity contribution < 1.29 is 4.74 Å². The first-order valence-corrected chi connectivity index (χ1v) is 11.6. The van der Waals surface area contributed by atoms with E-state index in [1.807, 2.05) is 24.7 Å². The van der Waals surface area contributed by atoms with Crippen LogP contribution in [0.2, 0.25) is 0 Å². The van der Waals surface area contributed by atoms with Crippen molar-refractivity contribution in [3.05, 3.63) is 42.4 Å². The van der Waals surface area contributed by atoms with Gasteiger partial charge in [-0.1, -0.05) is 6.92 Å². The summed E-state index contributed by atoms with van der Waals surface area (Å²) in [6.07, 6.45) is 10.2. The first kappa shape index (κ1) is 19.4. The minimum atomic E-state index is -0.0240. The molecule has 1 aliphatic heterocycles. The molecule has 8 heteroatoms. The maximum absolute atomic E-state index is 6.01. The van der Waals surface area contributed by atoms with E-state index in [-0.39, 0.29) is 6.23 Å². The van der Waals surface area contributed by atoms with E-state index in [9.17, 15) is 0 Å². The second-order valence-electron chi connectivity index (χ2n) is 8.64. The second kappa shape index (κ2) is 8.02. The number of hydrogen-bond donors (Lipinski definition) is 2. The molecule has 0 spiro atoms. The molecule has 1 atom stereocenters.